The molecule has 0 amide bonds. The van der Waals surface area contributed by atoms with Gasteiger partial charge in [-0.15, -0.1) is 0 Å². The zero-order chi connectivity index (χ0) is 9.47. The molecular formula is C12H17N. The van der Waals surface area contributed by atoms with Gasteiger partial charge in [0.15, 0.2) is 0 Å². The van der Waals surface area contributed by atoms with Gasteiger partial charge in [-0.25, -0.2) is 0 Å². The number of fused-ring (bicyclic) bond motifs is 2. The van der Waals surface area contributed by atoms with Crippen LogP contribution >= 0.6 is 0 Å². The maximum Gasteiger partial charge on any atom is 0.0908 e. The quantitative estimate of drug-likeness (QED) is 0.562. The van der Waals surface area contributed by atoms with Crippen LogP contribution in [-0.4, -0.2) is 0 Å². The zero-order valence-corrected chi connectivity index (χ0v) is 8.46. The molecule has 13 heavy (non-hydrogen) atoms. The molecule has 3 rings (SSSR count). The normalized spacial score (nSPS) is 41.2. The molecule has 70 valence electrons. The highest BCUT2D eigenvalue weighted by Crippen LogP contribution is 2.61. The molecule has 0 radical (unpaired) electrons. The summed E-state index contributed by atoms with van der Waals surface area (Å²) in [5, 5.41) is 8.49. The Morgan fingerprint density at radius 2 is 2.15 bits per heavy atom. The van der Waals surface area contributed by atoms with E-state index in [4.69, 9.17) is 5.26 Å². The van der Waals surface area contributed by atoms with Crippen LogP contribution in [0.1, 0.15) is 33.1 Å². The fourth-order valence-electron chi connectivity index (χ4n) is 3.26. The van der Waals surface area contributed by atoms with Crippen molar-refractivity contribution in [3.63, 3.8) is 0 Å². The first kappa shape index (κ1) is 8.81. The van der Waals surface area contributed by atoms with Crippen molar-refractivity contribution >= 4 is 0 Å². The summed E-state index contributed by atoms with van der Waals surface area (Å²) < 4.78 is 0. The molecule has 0 N–H and O–H groups in total. The van der Waals surface area contributed by atoms with Crippen LogP contribution in [0.3, 0.4) is 0 Å². The van der Waals surface area contributed by atoms with E-state index in [2.05, 4.69) is 26.0 Å². The Kier molecular flexibility index (Phi) is 1.95. The summed E-state index contributed by atoms with van der Waals surface area (Å²) in [6, 6.07) is 2.10. The van der Waals surface area contributed by atoms with E-state index in [1.54, 1.807) is 6.08 Å². The molecule has 3 fully saturated rings. The van der Waals surface area contributed by atoms with Gasteiger partial charge in [0.2, 0.25) is 0 Å². The summed E-state index contributed by atoms with van der Waals surface area (Å²) in [4.78, 5) is 0. The van der Waals surface area contributed by atoms with Crippen molar-refractivity contribution in [2.24, 2.45) is 23.2 Å². The second-order valence-electron chi connectivity index (χ2n) is 5.09. The van der Waals surface area contributed by atoms with Gasteiger partial charge in [0, 0.05) is 6.08 Å². The second kappa shape index (κ2) is 2.87. The summed E-state index contributed by atoms with van der Waals surface area (Å²) in [7, 11) is 0. The third-order valence-electron chi connectivity index (χ3n) is 4.33. The van der Waals surface area contributed by atoms with Gasteiger partial charge in [-0.2, -0.15) is 5.26 Å². The third-order valence-corrected chi connectivity index (χ3v) is 4.33. The van der Waals surface area contributed by atoms with Crippen LogP contribution in [0.15, 0.2) is 12.2 Å². The van der Waals surface area contributed by atoms with E-state index in [1.165, 1.54) is 19.3 Å². The molecule has 0 aliphatic heterocycles. The minimum absolute atomic E-state index is 0.544. The molecule has 1 nitrogen and oxygen atoms in total. The van der Waals surface area contributed by atoms with Crippen molar-refractivity contribution in [1.29, 1.82) is 5.26 Å². The molecule has 3 aliphatic rings. The van der Waals surface area contributed by atoms with Crippen LogP contribution in [0.2, 0.25) is 0 Å². The van der Waals surface area contributed by atoms with Crippen molar-refractivity contribution in [2.75, 3.05) is 0 Å². The first-order chi connectivity index (χ1) is 6.16. The highest BCUT2D eigenvalue weighted by molar-refractivity contribution is 5.12. The number of hydrogen-bond acceptors (Lipinski definition) is 1. The summed E-state index contributed by atoms with van der Waals surface area (Å²) in [6.45, 7) is 4.77. The monoisotopic (exact) mass is 175 g/mol. The van der Waals surface area contributed by atoms with Gasteiger partial charge in [0.25, 0.3) is 0 Å². The smallest absolute Gasteiger partial charge is 0.0908 e. The van der Waals surface area contributed by atoms with E-state index in [-0.39, 0.29) is 0 Å². The van der Waals surface area contributed by atoms with Crippen molar-refractivity contribution in [3.8, 4) is 6.07 Å². The summed E-state index contributed by atoms with van der Waals surface area (Å²) in [5.41, 5.74) is 0.544. The predicted molar refractivity (Wildman–Crippen MR) is 52.9 cm³/mol. The van der Waals surface area contributed by atoms with Crippen LogP contribution in [0, 0.1) is 34.5 Å². The lowest BCUT2D eigenvalue weighted by Crippen LogP contribution is -2.51. The third kappa shape index (κ3) is 1.20. The number of allylic oxidation sites excluding steroid dienone is 2. The van der Waals surface area contributed by atoms with Crippen LogP contribution in [-0.2, 0) is 0 Å². The minimum atomic E-state index is 0.544. The molecule has 3 unspecified atom stereocenters. The molecule has 3 atom stereocenters. The lowest BCUT2D eigenvalue weighted by atomic mass is 9.45. The van der Waals surface area contributed by atoms with Gasteiger partial charge >= 0.3 is 0 Å². The van der Waals surface area contributed by atoms with Crippen molar-refractivity contribution < 1.29 is 0 Å². The molecule has 3 aliphatic carbocycles. The van der Waals surface area contributed by atoms with Crippen LogP contribution in [0.25, 0.3) is 0 Å². The maximum atomic E-state index is 8.49. The fraction of sp³-hybridized carbons (Fsp3) is 0.750. The zero-order valence-electron chi connectivity index (χ0n) is 8.46. The van der Waals surface area contributed by atoms with Gasteiger partial charge in [-0.3, -0.25) is 0 Å². The average Bonchev–Trinajstić information content (AvgIpc) is 2.14. The lowest BCUT2D eigenvalue weighted by molar-refractivity contribution is -0.0903. The number of nitrogens with zero attached hydrogens (tertiary/aromatic N) is 1. The van der Waals surface area contributed by atoms with E-state index in [1.807, 2.05) is 0 Å². The Morgan fingerprint density at radius 1 is 1.38 bits per heavy atom. The van der Waals surface area contributed by atoms with Crippen molar-refractivity contribution in [3.05, 3.63) is 12.2 Å². The van der Waals surface area contributed by atoms with Gasteiger partial charge in [-0.05, 0) is 42.4 Å². The molecule has 3 saturated carbocycles. The topological polar surface area (TPSA) is 23.8 Å². The SMILES string of the molecule is CC1(C)C2CCC(/C=C/C#N)C1C2. The Hall–Kier alpha value is -0.770. The standard InChI is InChI=1S/C12H17N/c1-12(2)10-6-5-9(4-3-7-13)11(12)8-10/h3-4,9-11H,5-6,8H2,1-2H3/b4-3+. The van der Waals surface area contributed by atoms with Gasteiger partial charge in [0.05, 0.1) is 6.07 Å². The molecule has 2 bridgehead atoms. The van der Waals surface area contributed by atoms with Crippen LogP contribution in [0.5, 0.6) is 0 Å². The van der Waals surface area contributed by atoms with E-state index in [0.29, 0.717) is 11.3 Å². The molecule has 0 heterocycles. The molecule has 0 aromatic heterocycles. The van der Waals surface area contributed by atoms with Crippen molar-refractivity contribution in [1.82, 2.24) is 0 Å². The Morgan fingerprint density at radius 3 is 2.69 bits per heavy atom. The summed E-state index contributed by atoms with van der Waals surface area (Å²) in [5.74, 6) is 2.49. The molecular weight excluding hydrogens is 158 g/mol. The molecule has 1 heteroatoms. The van der Waals surface area contributed by atoms with E-state index < -0.39 is 0 Å². The van der Waals surface area contributed by atoms with Crippen LogP contribution in [0.4, 0.5) is 0 Å². The number of nitriles is 1. The first-order valence-corrected chi connectivity index (χ1v) is 5.22. The summed E-state index contributed by atoms with van der Waals surface area (Å²) in [6.07, 6.45) is 7.86. The fourth-order valence-corrected chi connectivity index (χ4v) is 3.26. The van der Waals surface area contributed by atoms with E-state index in [0.717, 1.165) is 11.8 Å². The Balaban J connectivity index is 2.08. The average molecular weight is 175 g/mol. The van der Waals surface area contributed by atoms with E-state index in [9.17, 15) is 0 Å². The van der Waals surface area contributed by atoms with Gasteiger partial charge in [0.1, 0.15) is 0 Å². The predicted octanol–water partition coefficient (Wildman–Crippen LogP) is 3.14. The highest BCUT2D eigenvalue weighted by Gasteiger charge is 2.53. The van der Waals surface area contributed by atoms with Gasteiger partial charge < -0.3 is 0 Å². The van der Waals surface area contributed by atoms with E-state index >= 15 is 0 Å². The lowest BCUT2D eigenvalue weighted by Gasteiger charge is -2.59. The maximum absolute atomic E-state index is 8.49. The number of rotatable bonds is 1. The number of hydrogen-bond donors (Lipinski definition) is 0. The van der Waals surface area contributed by atoms with Gasteiger partial charge in [-0.1, -0.05) is 19.9 Å². The largest absolute Gasteiger partial charge is 0.193 e. The first-order valence-electron chi connectivity index (χ1n) is 5.22. The molecule has 0 saturated heterocycles. The Labute approximate surface area is 80.4 Å². The minimum Gasteiger partial charge on any atom is -0.193 e. The van der Waals surface area contributed by atoms with Crippen LogP contribution < -0.4 is 0 Å². The molecule has 0 aromatic carbocycles. The summed E-state index contributed by atoms with van der Waals surface area (Å²) >= 11 is 0. The Bertz CT molecular complexity index is 267. The molecule has 0 spiro atoms. The van der Waals surface area contributed by atoms with Crippen molar-refractivity contribution in [2.45, 2.75) is 33.1 Å². The highest BCUT2D eigenvalue weighted by atomic mass is 14.6. The second-order valence-corrected chi connectivity index (χ2v) is 5.09. The molecule has 0 aromatic rings.